The summed E-state index contributed by atoms with van der Waals surface area (Å²) in [5.74, 6) is -0.172. The van der Waals surface area contributed by atoms with Crippen molar-refractivity contribution in [3.05, 3.63) is 12.2 Å². The zero-order valence-corrected chi connectivity index (χ0v) is 40.6. The van der Waals surface area contributed by atoms with Crippen molar-refractivity contribution in [3.8, 4) is 0 Å². The second-order valence-electron chi connectivity index (χ2n) is 19.0. The molecule has 0 aliphatic carbocycles. The van der Waals surface area contributed by atoms with Gasteiger partial charge < -0.3 is 40.3 Å². The molecule has 1 aliphatic rings. The number of hydrogen-bond acceptors (Lipinski definition) is 8. The van der Waals surface area contributed by atoms with Crippen molar-refractivity contribution in [2.24, 2.45) is 0 Å². The molecule has 9 nitrogen and oxygen atoms in total. The van der Waals surface area contributed by atoms with E-state index in [-0.39, 0.29) is 12.5 Å². The fraction of sp³-hybridized carbons (Fsp3) is 0.943. The van der Waals surface area contributed by atoms with Crippen LogP contribution in [0.15, 0.2) is 12.2 Å². The van der Waals surface area contributed by atoms with Crippen LogP contribution in [0.25, 0.3) is 0 Å². The van der Waals surface area contributed by atoms with Crippen LogP contribution in [-0.4, -0.2) is 87.5 Å². The predicted octanol–water partition coefficient (Wildman–Crippen LogP) is 12.5. The number of aliphatic hydroxyl groups is 5. The maximum Gasteiger partial charge on any atom is 0.220 e. The monoisotopic (exact) mass is 882 g/mol. The molecule has 0 aromatic carbocycles. The first-order chi connectivity index (χ1) is 30.3. The van der Waals surface area contributed by atoms with Gasteiger partial charge in [0.25, 0.3) is 0 Å². The van der Waals surface area contributed by atoms with Gasteiger partial charge in [-0.05, 0) is 19.3 Å². The van der Waals surface area contributed by atoms with Gasteiger partial charge in [0.1, 0.15) is 24.4 Å². The number of carbonyl (C=O) groups excluding carboxylic acids is 1. The average molecular weight is 882 g/mol. The number of unbranched alkanes of at least 4 members (excludes halogenated alkanes) is 36. The summed E-state index contributed by atoms with van der Waals surface area (Å²) in [5.41, 5.74) is 0. The van der Waals surface area contributed by atoms with Crippen LogP contribution < -0.4 is 5.32 Å². The normalized spacial score (nSPS) is 20.3. The third-order valence-electron chi connectivity index (χ3n) is 13.1. The molecule has 1 aliphatic heterocycles. The molecule has 0 saturated carbocycles. The number of ether oxygens (including phenoxy) is 2. The van der Waals surface area contributed by atoms with Gasteiger partial charge in [-0.2, -0.15) is 0 Å². The molecule has 1 rings (SSSR count). The van der Waals surface area contributed by atoms with E-state index in [1.54, 1.807) is 6.08 Å². The molecule has 7 atom stereocenters. The highest BCUT2D eigenvalue weighted by Crippen LogP contribution is 2.23. The molecule has 0 radical (unpaired) electrons. The van der Waals surface area contributed by atoms with Gasteiger partial charge in [0.15, 0.2) is 6.29 Å². The number of carbonyl (C=O) groups is 1. The van der Waals surface area contributed by atoms with Gasteiger partial charge in [0, 0.05) is 6.42 Å². The number of allylic oxidation sites excluding steroid dienone is 1. The standard InChI is InChI=1S/C53H103NO8/c1-3-5-7-9-11-13-15-17-18-19-20-21-22-23-24-25-26-27-28-29-30-31-33-35-37-39-41-43-49(57)54-46(45-61-53-52(60)51(59)50(58)48(44-55)62-53)47(56)42-40-38-36-34-32-16-14-12-10-8-6-4-2/h40,42,46-48,50-53,55-56,58-60H,3-39,41,43-45H2,1-2H3,(H,54,57)/b42-40+/t46-,47+,48+,50-,51?,52?,53+/m0/s1. The molecular formula is C53H103NO8. The van der Waals surface area contributed by atoms with Gasteiger partial charge in [-0.25, -0.2) is 0 Å². The van der Waals surface area contributed by atoms with Crippen molar-refractivity contribution in [1.29, 1.82) is 0 Å². The summed E-state index contributed by atoms with van der Waals surface area (Å²) in [5, 5.41) is 54.3. The summed E-state index contributed by atoms with van der Waals surface area (Å²) >= 11 is 0. The molecule has 0 bridgehead atoms. The minimum absolute atomic E-state index is 0.172. The Morgan fingerprint density at radius 1 is 0.532 bits per heavy atom. The van der Waals surface area contributed by atoms with E-state index in [0.717, 1.165) is 38.5 Å². The van der Waals surface area contributed by atoms with Crippen LogP contribution in [0, 0.1) is 0 Å². The second-order valence-corrected chi connectivity index (χ2v) is 19.0. The minimum Gasteiger partial charge on any atom is -0.394 e. The summed E-state index contributed by atoms with van der Waals surface area (Å²) in [7, 11) is 0. The van der Waals surface area contributed by atoms with E-state index in [1.165, 1.54) is 205 Å². The predicted molar refractivity (Wildman–Crippen MR) is 258 cm³/mol. The third-order valence-corrected chi connectivity index (χ3v) is 13.1. The van der Waals surface area contributed by atoms with E-state index in [0.29, 0.717) is 6.42 Å². The molecule has 0 spiro atoms. The lowest BCUT2D eigenvalue weighted by molar-refractivity contribution is -0.302. The summed E-state index contributed by atoms with van der Waals surface area (Å²) in [4.78, 5) is 13.0. The van der Waals surface area contributed by atoms with E-state index >= 15 is 0 Å². The van der Waals surface area contributed by atoms with E-state index in [9.17, 15) is 30.3 Å². The van der Waals surface area contributed by atoms with Crippen molar-refractivity contribution in [2.75, 3.05) is 13.2 Å². The average Bonchev–Trinajstić information content (AvgIpc) is 3.27. The Bertz CT molecular complexity index is 981. The van der Waals surface area contributed by atoms with Crippen LogP contribution in [0.4, 0.5) is 0 Å². The lowest BCUT2D eigenvalue weighted by atomic mass is 9.99. The molecule has 1 saturated heterocycles. The first kappa shape index (κ1) is 58.9. The van der Waals surface area contributed by atoms with Crippen molar-refractivity contribution in [2.45, 2.75) is 307 Å². The molecule has 1 fully saturated rings. The molecule has 0 aromatic heterocycles. The maximum absolute atomic E-state index is 13.0. The summed E-state index contributed by atoms with van der Waals surface area (Å²) in [6, 6.07) is -0.798. The number of nitrogens with one attached hydrogen (secondary N) is 1. The highest BCUT2D eigenvalue weighted by atomic mass is 16.7. The lowest BCUT2D eigenvalue weighted by Gasteiger charge is -2.40. The largest absolute Gasteiger partial charge is 0.394 e. The van der Waals surface area contributed by atoms with Gasteiger partial charge >= 0.3 is 0 Å². The van der Waals surface area contributed by atoms with Crippen molar-refractivity contribution in [1.82, 2.24) is 5.32 Å². The minimum atomic E-state index is -1.56. The van der Waals surface area contributed by atoms with Crippen molar-refractivity contribution >= 4 is 5.91 Å². The number of aliphatic hydroxyl groups excluding tert-OH is 5. The van der Waals surface area contributed by atoms with E-state index in [2.05, 4.69) is 19.2 Å². The van der Waals surface area contributed by atoms with Gasteiger partial charge in [0.05, 0.1) is 25.4 Å². The zero-order chi connectivity index (χ0) is 45.1. The number of rotatable bonds is 46. The third kappa shape index (κ3) is 33.4. The Morgan fingerprint density at radius 2 is 0.887 bits per heavy atom. The fourth-order valence-electron chi connectivity index (χ4n) is 8.81. The van der Waals surface area contributed by atoms with Crippen LogP contribution in [0.2, 0.25) is 0 Å². The molecule has 9 heteroatoms. The number of hydrogen-bond donors (Lipinski definition) is 6. The van der Waals surface area contributed by atoms with Gasteiger partial charge in [-0.15, -0.1) is 0 Å². The topological polar surface area (TPSA) is 149 Å². The summed E-state index contributed by atoms with van der Waals surface area (Å²) in [6.45, 7) is 3.79. The Labute approximate surface area is 382 Å². The summed E-state index contributed by atoms with van der Waals surface area (Å²) in [6.07, 6.45) is 45.7. The Morgan fingerprint density at radius 3 is 1.26 bits per heavy atom. The smallest absolute Gasteiger partial charge is 0.220 e. The quantitative estimate of drug-likeness (QED) is 0.0261. The van der Waals surface area contributed by atoms with E-state index in [4.69, 9.17) is 9.47 Å². The first-order valence-electron chi connectivity index (χ1n) is 26.9. The van der Waals surface area contributed by atoms with Gasteiger partial charge in [0.2, 0.25) is 5.91 Å². The Balaban J connectivity index is 2.16. The maximum atomic E-state index is 13.0. The van der Waals surface area contributed by atoms with Crippen LogP contribution in [0.3, 0.4) is 0 Å². The molecule has 368 valence electrons. The Kier molecular flexibility index (Phi) is 41.6. The SMILES string of the molecule is CCCCCCCCCCCC/C=C/[C@@H](O)[C@H](CO[C@@H]1O[C@H](CO)[C@H](O)C(O)C1O)NC(=O)CCCCCCCCCCCCCCCCCCCCCCCCCCCCC. The highest BCUT2D eigenvalue weighted by Gasteiger charge is 2.44. The lowest BCUT2D eigenvalue weighted by Crippen LogP contribution is -2.60. The molecule has 1 amide bonds. The number of amides is 1. The van der Waals surface area contributed by atoms with Gasteiger partial charge in [-0.1, -0.05) is 251 Å². The van der Waals surface area contributed by atoms with Gasteiger partial charge in [-0.3, -0.25) is 4.79 Å². The van der Waals surface area contributed by atoms with Crippen molar-refractivity contribution < 1.29 is 39.8 Å². The van der Waals surface area contributed by atoms with Crippen LogP contribution in [0.5, 0.6) is 0 Å². The molecule has 1 heterocycles. The fourth-order valence-corrected chi connectivity index (χ4v) is 8.81. The molecule has 6 N–H and O–H groups in total. The highest BCUT2D eigenvalue weighted by molar-refractivity contribution is 5.76. The first-order valence-corrected chi connectivity index (χ1v) is 26.9. The van der Waals surface area contributed by atoms with E-state index < -0.39 is 49.5 Å². The summed E-state index contributed by atoms with van der Waals surface area (Å²) < 4.78 is 11.2. The molecule has 62 heavy (non-hydrogen) atoms. The van der Waals surface area contributed by atoms with Crippen LogP contribution in [-0.2, 0) is 14.3 Å². The molecule has 2 unspecified atom stereocenters. The second kappa shape index (κ2) is 43.8. The Hall–Kier alpha value is -1.07. The van der Waals surface area contributed by atoms with Crippen LogP contribution >= 0.6 is 0 Å². The molecular weight excluding hydrogens is 779 g/mol. The van der Waals surface area contributed by atoms with E-state index in [1.807, 2.05) is 6.08 Å². The zero-order valence-electron chi connectivity index (χ0n) is 40.6. The van der Waals surface area contributed by atoms with Crippen LogP contribution in [0.1, 0.15) is 264 Å². The van der Waals surface area contributed by atoms with Crippen molar-refractivity contribution in [3.63, 3.8) is 0 Å². The molecule has 0 aromatic rings.